The van der Waals surface area contributed by atoms with Crippen molar-refractivity contribution in [2.75, 3.05) is 31.9 Å². The standard InChI is InChI=1S/C12H24N2O2S/c1-11-4-7-14(8-5-11)17(15,16)10-12-3-2-6-13-9-12/h11-13H,2-10H2,1H3. The van der Waals surface area contributed by atoms with E-state index in [9.17, 15) is 8.42 Å². The van der Waals surface area contributed by atoms with Crippen molar-refractivity contribution in [1.29, 1.82) is 0 Å². The number of nitrogens with zero attached hydrogens (tertiary/aromatic N) is 1. The zero-order valence-corrected chi connectivity index (χ0v) is 11.5. The third-order valence-corrected chi connectivity index (χ3v) is 6.03. The zero-order valence-electron chi connectivity index (χ0n) is 10.7. The lowest BCUT2D eigenvalue weighted by Crippen LogP contribution is -2.43. The molecule has 0 aromatic rings. The van der Waals surface area contributed by atoms with Crippen molar-refractivity contribution < 1.29 is 8.42 Å². The normalized spacial score (nSPS) is 29.4. The molecule has 1 unspecified atom stereocenters. The fraction of sp³-hybridized carbons (Fsp3) is 1.00. The van der Waals surface area contributed by atoms with Gasteiger partial charge in [0.15, 0.2) is 0 Å². The lowest BCUT2D eigenvalue weighted by atomic mass is 10.0. The molecule has 17 heavy (non-hydrogen) atoms. The van der Waals surface area contributed by atoms with Gasteiger partial charge in [0.25, 0.3) is 0 Å². The molecule has 2 fully saturated rings. The second-order valence-corrected chi connectivity index (χ2v) is 7.59. The van der Waals surface area contributed by atoms with Crippen molar-refractivity contribution in [2.45, 2.75) is 32.6 Å². The molecule has 0 radical (unpaired) electrons. The van der Waals surface area contributed by atoms with E-state index in [1.54, 1.807) is 4.31 Å². The average Bonchev–Trinajstić information content (AvgIpc) is 2.30. The summed E-state index contributed by atoms with van der Waals surface area (Å²) in [4.78, 5) is 0. The predicted molar refractivity (Wildman–Crippen MR) is 69.4 cm³/mol. The second-order valence-electron chi connectivity index (χ2n) is 5.57. The minimum Gasteiger partial charge on any atom is -0.316 e. The van der Waals surface area contributed by atoms with Gasteiger partial charge in [0, 0.05) is 13.1 Å². The molecule has 100 valence electrons. The fourth-order valence-corrected chi connectivity index (χ4v) is 4.59. The van der Waals surface area contributed by atoms with Crippen LogP contribution in [0.5, 0.6) is 0 Å². The van der Waals surface area contributed by atoms with E-state index in [1.807, 2.05) is 0 Å². The van der Waals surface area contributed by atoms with Crippen LogP contribution >= 0.6 is 0 Å². The Labute approximate surface area is 105 Å². The van der Waals surface area contributed by atoms with Crippen molar-refractivity contribution in [3.63, 3.8) is 0 Å². The summed E-state index contributed by atoms with van der Waals surface area (Å²) in [5, 5.41) is 3.28. The lowest BCUT2D eigenvalue weighted by molar-refractivity contribution is 0.284. The molecule has 5 heteroatoms. The van der Waals surface area contributed by atoms with Crippen LogP contribution in [0.1, 0.15) is 32.6 Å². The second kappa shape index (κ2) is 5.67. The molecule has 1 atom stereocenters. The number of piperidine rings is 2. The Bertz CT molecular complexity index is 328. The number of hydrogen-bond acceptors (Lipinski definition) is 3. The lowest BCUT2D eigenvalue weighted by Gasteiger charge is -2.31. The van der Waals surface area contributed by atoms with Gasteiger partial charge in [-0.25, -0.2) is 12.7 Å². The van der Waals surface area contributed by atoms with Gasteiger partial charge in [0.2, 0.25) is 10.0 Å². The molecule has 2 aliphatic rings. The first-order valence-corrected chi connectivity index (χ1v) is 8.37. The molecular weight excluding hydrogens is 236 g/mol. The van der Waals surface area contributed by atoms with Gasteiger partial charge in [-0.2, -0.15) is 0 Å². The smallest absolute Gasteiger partial charge is 0.214 e. The minimum atomic E-state index is -3.01. The Morgan fingerprint density at radius 3 is 2.53 bits per heavy atom. The first kappa shape index (κ1) is 13.3. The fourth-order valence-electron chi connectivity index (χ4n) is 2.73. The van der Waals surface area contributed by atoms with Gasteiger partial charge in [0.05, 0.1) is 5.75 Å². The minimum absolute atomic E-state index is 0.313. The summed E-state index contributed by atoms with van der Waals surface area (Å²) in [5.74, 6) is 1.33. The van der Waals surface area contributed by atoms with Crippen molar-refractivity contribution >= 4 is 10.0 Å². The molecule has 1 N–H and O–H groups in total. The number of hydrogen-bond donors (Lipinski definition) is 1. The summed E-state index contributed by atoms with van der Waals surface area (Å²) in [6, 6.07) is 0. The van der Waals surface area contributed by atoms with Crippen LogP contribution in [0.2, 0.25) is 0 Å². The summed E-state index contributed by atoms with van der Waals surface area (Å²) in [6.07, 6.45) is 4.19. The van der Waals surface area contributed by atoms with Crippen LogP contribution in [-0.2, 0) is 10.0 Å². The first-order valence-electron chi connectivity index (χ1n) is 6.76. The predicted octanol–water partition coefficient (Wildman–Crippen LogP) is 1.05. The molecule has 4 nitrogen and oxygen atoms in total. The van der Waals surface area contributed by atoms with Gasteiger partial charge in [0.1, 0.15) is 0 Å². The Morgan fingerprint density at radius 1 is 1.24 bits per heavy atom. The topological polar surface area (TPSA) is 49.4 Å². The van der Waals surface area contributed by atoms with E-state index in [4.69, 9.17) is 0 Å². The SMILES string of the molecule is CC1CCN(S(=O)(=O)CC2CCCNC2)CC1. The molecule has 0 aromatic heterocycles. The zero-order chi connectivity index (χ0) is 12.3. The average molecular weight is 260 g/mol. The maximum absolute atomic E-state index is 12.3. The van der Waals surface area contributed by atoms with Crippen LogP contribution in [0.4, 0.5) is 0 Å². The van der Waals surface area contributed by atoms with Crippen molar-refractivity contribution in [3.05, 3.63) is 0 Å². The maximum atomic E-state index is 12.3. The van der Waals surface area contributed by atoms with E-state index in [2.05, 4.69) is 12.2 Å². The van der Waals surface area contributed by atoms with Crippen molar-refractivity contribution in [3.8, 4) is 0 Å². The van der Waals surface area contributed by atoms with Crippen LogP contribution < -0.4 is 5.32 Å². The molecule has 2 aliphatic heterocycles. The highest BCUT2D eigenvalue weighted by molar-refractivity contribution is 7.89. The van der Waals surface area contributed by atoms with E-state index < -0.39 is 10.0 Å². The van der Waals surface area contributed by atoms with Gasteiger partial charge in [-0.05, 0) is 50.6 Å². The van der Waals surface area contributed by atoms with Crippen LogP contribution in [0.25, 0.3) is 0 Å². The Balaban J connectivity index is 1.89. The molecule has 0 aromatic carbocycles. The Morgan fingerprint density at radius 2 is 1.94 bits per heavy atom. The van der Waals surface area contributed by atoms with Crippen molar-refractivity contribution in [1.82, 2.24) is 9.62 Å². The molecule has 0 bridgehead atoms. The van der Waals surface area contributed by atoms with E-state index in [-0.39, 0.29) is 0 Å². The Hall–Kier alpha value is -0.130. The third-order valence-electron chi connectivity index (χ3n) is 3.98. The number of sulfonamides is 1. The molecule has 2 heterocycles. The van der Waals surface area contributed by atoms with Gasteiger partial charge in [-0.1, -0.05) is 6.92 Å². The summed E-state index contributed by atoms with van der Waals surface area (Å²) in [7, 11) is -3.01. The summed E-state index contributed by atoms with van der Waals surface area (Å²) in [5.41, 5.74) is 0. The van der Waals surface area contributed by atoms with E-state index in [0.717, 1.165) is 51.9 Å². The number of rotatable bonds is 3. The molecular formula is C12H24N2O2S. The summed E-state index contributed by atoms with van der Waals surface area (Å²) in [6.45, 7) is 5.56. The highest BCUT2D eigenvalue weighted by Gasteiger charge is 2.29. The summed E-state index contributed by atoms with van der Waals surface area (Å²) >= 11 is 0. The number of nitrogens with one attached hydrogen (secondary N) is 1. The third kappa shape index (κ3) is 3.66. The quantitative estimate of drug-likeness (QED) is 0.825. The molecule has 0 saturated carbocycles. The van der Waals surface area contributed by atoms with Gasteiger partial charge < -0.3 is 5.32 Å². The van der Waals surface area contributed by atoms with Crippen LogP contribution in [0.3, 0.4) is 0 Å². The van der Waals surface area contributed by atoms with Crippen LogP contribution in [0, 0.1) is 11.8 Å². The molecule has 2 saturated heterocycles. The molecule has 2 rings (SSSR count). The van der Waals surface area contributed by atoms with Gasteiger partial charge in [-0.3, -0.25) is 0 Å². The first-order chi connectivity index (χ1) is 8.08. The van der Waals surface area contributed by atoms with Gasteiger partial charge in [-0.15, -0.1) is 0 Å². The van der Waals surface area contributed by atoms with E-state index >= 15 is 0 Å². The monoisotopic (exact) mass is 260 g/mol. The molecule has 0 amide bonds. The Kier molecular flexibility index (Phi) is 4.44. The van der Waals surface area contributed by atoms with E-state index in [0.29, 0.717) is 17.6 Å². The highest BCUT2D eigenvalue weighted by atomic mass is 32.2. The van der Waals surface area contributed by atoms with Gasteiger partial charge >= 0.3 is 0 Å². The van der Waals surface area contributed by atoms with Crippen LogP contribution in [0.15, 0.2) is 0 Å². The van der Waals surface area contributed by atoms with E-state index in [1.165, 1.54) is 0 Å². The molecule has 0 spiro atoms. The maximum Gasteiger partial charge on any atom is 0.214 e. The largest absolute Gasteiger partial charge is 0.316 e. The highest BCUT2D eigenvalue weighted by Crippen LogP contribution is 2.21. The molecule has 0 aliphatic carbocycles. The summed E-state index contributed by atoms with van der Waals surface area (Å²) < 4.78 is 26.2. The van der Waals surface area contributed by atoms with Crippen molar-refractivity contribution in [2.24, 2.45) is 11.8 Å². The van der Waals surface area contributed by atoms with Crippen LogP contribution in [-0.4, -0.2) is 44.7 Å².